The summed E-state index contributed by atoms with van der Waals surface area (Å²) >= 11 is 1.84. The molecule has 0 unspecified atom stereocenters. The highest BCUT2D eigenvalue weighted by atomic mass is 35.5. The van der Waals surface area contributed by atoms with Crippen LogP contribution in [-0.2, 0) is 0 Å². The number of fused-ring (bicyclic) bond motifs is 1. The first-order valence-corrected chi connectivity index (χ1v) is 9.89. The molecular weight excluding hydrogens is 399 g/mol. The molecule has 4 rings (SSSR count). The summed E-state index contributed by atoms with van der Waals surface area (Å²) in [6.07, 6.45) is 0. The summed E-state index contributed by atoms with van der Waals surface area (Å²) in [6, 6.07) is 17.6. The van der Waals surface area contributed by atoms with Crippen molar-refractivity contribution in [3.63, 3.8) is 0 Å². The molecular formula is C21H26Cl2N2OS. The lowest BCUT2D eigenvalue weighted by Gasteiger charge is -2.36. The maximum absolute atomic E-state index is 6.08. The van der Waals surface area contributed by atoms with Crippen molar-refractivity contribution in [2.24, 2.45) is 0 Å². The van der Waals surface area contributed by atoms with E-state index in [1.54, 1.807) is 0 Å². The lowest BCUT2D eigenvalue weighted by Crippen LogP contribution is -2.45. The molecule has 1 atom stereocenters. The van der Waals surface area contributed by atoms with E-state index in [4.69, 9.17) is 4.74 Å². The van der Waals surface area contributed by atoms with E-state index >= 15 is 0 Å². The molecule has 1 fully saturated rings. The summed E-state index contributed by atoms with van der Waals surface area (Å²) < 4.78 is 6.08. The molecule has 27 heavy (non-hydrogen) atoms. The number of piperazine rings is 1. The minimum atomic E-state index is 0. The third kappa shape index (κ3) is 4.58. The quantitative estimate of drug-likeness (QED) is 0.613. The van der Waals surface area contributed by atoms with Crippen molar-refractivity contribution in [3.05, 3.63) is 64.4 Å². The fourth-order valence-electron chi connectivity index (χ4n) is 3.73. The highest BCUT2D eigenvalue weighted by molar-refractivity contribution is 7.10. The van der Waals surface area contributed by atoms with Gasteiger partial charge in [0.25, 0.3) is 0 Å². The number of rotatable bonds is 5. The molecule has 0 saturated carbocycles. The average molecular weight is 425 g/mol. The molecule has 0 spiro atoms. The van der Waals surface area contributed by atoms with Crippen molar-refractivity contribution in [1.82, 2.24) is 10.2 Å². The first-order valence-electron chi connectivity index (χ1n) is 9.01. The van der Waals surface area contributed by atoms with Crippen molar-refractivity contribution in [2.75, 3.05) is 32.8 Å². The number of ether oxygens (including phenoxy) is 1. The normalized spacial score (nSPS) is 15.6. The molecule has 0 aliphatic carbocycles. The summed E-state index contributed by atoms with van der Waals surface area (Å²) in [5, 5.41) is 8.22. The number of halogens is 2. The molecule has 1 saturated heterocycles. The number of hydrogen-bond donors (Lipinski definition) is 1. The number of benzene rings is 2. The van der Waals surface area contributed by atoms with E-state index in [0.717, 1.165) is 31.9 Å². The number of hydrogen-bond acceptors (Lipinski definition) is 4. The Labute approximate surface area is 177 Å². The van der Waals surface area contributed by atoms with Crippen molar-refractivity contribution < 1.29 is 4.74 Å². The van der Waals surface area contributed by atoms with Gasteiger partial charge in [0.1, 0.15) is 5.75 Å². The fraction of sp³-hybridized carbons (Fsp3) is 0.333. The van der Waals surface area contributed by atoms with Crippen LogP contribution in [0.4, 0.5) is 0 Å². The van der Waals surface area contributed by atoms with Crippen LogP contribution in [0.1, 0.15) is 23.4 Å². The molecule has 1 aliphatic rings. The van der Waals surface area contributed by atoms with Gasteiger partial charge < -0.3 is 10.1 Å². The van der Waals surface area contributed by atoms with Crippen molar-refractivity contribution in [3.8, 4) is 5.75 Å². The van der Waals surface area contributed by atoms with E-state index in [0.29, 0.717) is 6.61 Å². The van der Waals surface area contributed by atoms with Crippen LogP contribution in [0.15, 0.2) is 53.9 Å². The van der Waals surface area contributed by atoms with Crippen LogP contribution in [0.2, 0.25) is 0 Å². The molecule has 2 heterocycles. The molecule has 1 aliphatic heterocycles. The Morgan fingerprint density at radius 2 is 1.81 bits per heavy atom. The summed E-state index contributed by atoms with van der Waals surface area (Å²) in [7, 11) is 0. The summed E-state index contributed by atoms with van der Waals surface area (Å²) in [6.45, 7) is 6.93. The van der Waals surface area contributed by atoms with Gasteiger partial charge >= 0.3 is 0 Å². The minimum absolute atomic E-state index is 0. The Morgan fingerprint density at radius 1 is 1.04 bits per heavy atom. The molecule has 146 valence electrons. The lowest BCUT2D eigenvalue weighted by molar-refractivity contribution is 0.197. The standard InChI is InChI=1S/C21H24N2OS.2ClH/c1-2-24-18-10-9-16-6-3-4-7-17(16)20(18)21(19-8-5-15-25-19)23-13-11-22-12-14-23;;/h3-10,15,21-22H,2,11-14H2,1H3;2*1H/t21-;;/m1../s1. The third-order valence-corrected chi connectivity index (χ3v) is 5.76. The summed E-state index contributed by atoms with van der Waals surface area (Å²) in [5.41, 5.74) is 1.31. The van der Waals surface area contributed by atoms with Gasteiger partial charge in [-0.05, 0) is 35.2 Å². The largest absolute Gasteiger partial charge is 0.493 e. The van der Waals surface area contributed by atoms with Crippen LogP contribution >= 0.6 is 36.2 Å². The van der Waals surface area contributed by atoms with Crippen LogP contribution in [0, 0.1) is 0 Å². The highest BCUT2D eigenvalue weighted by Crippen LogP contribution is 2.41. The van der Waals surface area contributed by atoms with Crippen LogP contribution in [-0.4, -0.2) is 37.7 Å². The summed E-state index contributed by atoms with van der Waals surface area (Å²) in [5.74, 6) is 1.01. The van der Waals surface area contributed by atoms with Crippen molar-refractivity contribution in [2.45, 2.75) is 13.0 Å². The maximum Gasteiger partial charge on any atom is 0.125 e. The Hall–Kier alpha value is -1.30. The van der Waals surface area contributed by atoms with E-state index in [1.165, 1.54) is 21.2 Å². The van der Waals surface area contributed by atoms with E-state index in [1.807, 2.05) is 11.3 Å². The zero-order valence-corrected chi connectivity index (χ0v) is 17.8. The molecule has 3 nitrogen and oxygen atoms in total. The number of nitrogens with zero attached hydrogens (tertiary/aromatic N) is 1. The van der Waals surface area contributed by atoms with Gasteiger partial charge in [-0.25, -0.2) is 0 Å². The lowest BCUT2D eigenvalue weighted by atomic mass is 9.95. The van der Waals surface area contributed by atoms with Gasteiger partial charge in [0.15, 0.2) is 0 Å². The Kier molecular flexibility index (Phi) is 8.39. The van der Waals surface area contributed by atoms with Crippen LogP contribution in [0.3, 0.4) is 0 Å². The molecule has 3 aromatic rings. The van der Waals surface area contributed by atoms with E-state index in [-0.39, 0.29) is 30.9 Å². The van der Waals surface area contributed by atoms with Gasteiger partial charge in [0.2, 0.25) is 0 Å². The maximum atomic E-state index is 6.08. The van der Waals surface area contributed by atoms with Gasteiger partial charge in [-0.15, -0.1) is 36.2 Å². The van der Waals surface area contributed by atoms with Crippen molar-refractivity contribution >= 4 is 46.9 Å². The second-order valence-corrected chi connectivity index (χ2v) is 7.31. The Balaban J connectivity index is 0.00000131. The zero-order valence-electron chi connectivity index (χ0n) is 15.4. The Morgan fingerprint density at radius 3 is 2.52 bits per heavy atom. The number of nitrogens with one attached hydrogen (secondary N) is 1. The van der Waals surface area contributed by atoms with E-state index in [9.17, 15) is 0 Å². The van der Waals surface area contributed by atoms with Gasteiger partial charge in [-0.3, -0.25) is 4.90 Å². The topological polar surface area (TPSA) is 24.5 Å². The molecule has 0 bridgehead atoms. The van der Waals surface area contributed by atoms with E-state index < -0.39 is 0 Å². The molecule has 0 radical (unpaired) electrons. The highest BCUT2D eigenvalue weighted by Gasteiger charge is 2.29. The predicted octanol–water partition coefficient (Wildman–Crippen LogP) is 5.14. The second kappa shape index (κ2) is 10.3. The molecule has 2 aromatic carbocycles. The molecule has 0 amide bonds. The molecule has 6 heteroatoms. The first-order chi connectivity index (χ1) is 12.4. The number of thiophene rings is 1. The molecule has 1 aromatic heterocycles. The first kappa shape index (κ1) is 22.0. The SMILES string of the molecule is CCOc1ccc2ccccc2c1[C@@H](c1cccs1)N1CCNCC1.Cl.Cl. The molecule has 1 N–H and O–H groups in total. The van der Waals surface area contributed by atoms with Crippen molar-refractivity contribution in [1.29, 1.82) is 0 Å². The van der Waals surface area contributed by atoms with Crippen LogP contribution in [0.5, 0.6) is 5.75 Å². The van der Waals surface area contributed by atoms with Crippen LogP contribution < -0.4 is 10.1 Å². The van der Waals surface area contributed by atoms with Gasteiger partial charge in [0.05, 0.1) is 12.6 Å². The van der Waals surface area contributed by atoms with Gasteiger partial charge in [0, 0.05) is 36.6 Å². The zero-order chi connectivity index (χ0) is 17.1. The summed E-state index contributed by atoms with van der Waals surface area (Å²) in [4.78, 5) is 3.98. The van der Waals surface area contributed by atoms with Crippen LogP contribution in [0.25, 0.3) is 10.8 Å². The monoisotopic (exact) mass is 424 g/mol. The Bertz CT molecular complexity index is 835. The average Bonchev–Trinajstić information content (AvgIpc) is 3.19. The minimum Gasteiger partial charge on any atom is -0.493 e. The van der Waals surface area contributed by atoms with E-state index in [2.05, 4.69) is 71.1 Å². The predicted molar refractivity (Wildman–Crippen MR) is 120 cm³/mol. The van der Waals surface area contributed by atoms with Gasteiger partial charge in [-0.2, -0.15) is 0 Å². The smallest absolute Gasteiger partial charge is 0.125 e. The fourth-order valence-corrected chi connectivity index (χ4v) is 4.60. The second-order valence-electron chi connectivity index (χ2n) is 6.34. The third-order valence-electron chi connectivity index (χ3n) is 4.83. The van der Waals surface area contributed by atoms with Gasteiger partial charge in [-0.1, -0.05) is 36.4 Å².